The topological polar surface area (TPSA) is 24.5 Å². The number of hydrogen-bond acceptors (Lipinski definition) is 3. The minimum absolute atomic E-state index is 0.868. The number of hydrogen-bond donors (Lipinski definition) is 1. The van der Waals surface area contributed by atoms with Crippen LogP contribution in [-0.4, -0.2) is 51.8 Å². The first-order chi connectivity index (χ1) is 6.33. The maximum Gasteiger partial charge on any atom is 0.0474 e. The molecule has 0 bridgehead atoms. The van der Waals surface area contributed by atoms with E-state index in [4.69, 9.17) is 4.74 Å². The second-order valence-corrected chi connectivity index (χ2v) is 3.97. The molecule has 1 aliphatic rings. The van der Waals surface area contributed by atoms with Crippen molar-refractivity contribution in [1.29, 1.82) is 0 Å². The first kappa shape index (κ1) is 11.0. The van der Waals surface area contributed by atoms with Gasteiger partial charge in [-0.2, -0.15) is 0 Å². The van der Waals surface area contributed by atoms with E-state index in [1.54, 1.807) is 7.11 Å². The summed E-state index contributed by atoms with van der Waals surface area (Å²) in [5.74, 6) is 0.868. The van der Waals surface area contributed by atoms with Crippen LogP contribution in [0.15, 0.2) is 0 Å². The molecule has 1 rings (SSSR count). The van der Waals surface area contributed by atoms with E-state index < -0.39 is 0 Å². The Labute approximate surface area is 81.4 Å². The van der Waals surface area contributed by atoms with Crippen LogP contribution in [0, 0.1) is 5.92 Å². The highest BCUT2D eigenvalue weighted by Crippen LogP contribution is 2.12. The molecule has 13 heavy (non-hydrogen) atoms. The molecule has 78 valence electrons. The van der Waals surface area contributed by atoms with Crippen LogP contribution >= 0.6 is 0 Å². The van der Waals surface area contributed by atoms with Crippen molar-refractivity contribution < 1.29 is 4.74 Å². The zero-order chi connectivity index (χ0) is 9.52. The minimum atomic E-state index is 0.868. The lowest BCUT2D eigenvalue weighted by Gasteiger charge is -2.11. The molecule has 1 fully saturated rings. The van der Waals surface area contributed by atoms with Gasteiger partial charge in [-0.05, 0) is 45.4 Å². The Morgan fingerprint density at radius 2 is 2.38 bits per heavy atom. The van der Waals surface area contributed by atoms with Crippen molar-refractivity contribution in [3.05, 3.63) is 0 Å². The van der Waals surface area contributed by atoms with Gasteiger partial charge in [0.05, 0.1) is 0 Å². The van der Waals surface area contributed by atoms with Crippen molar-refractivity contribution in [3.8, 4) is 0 Å². The second kappa shape index (κ2) is 6.35. The smallest absolute Gasteiger partial charge is 0.0474 e. The van der Waals surface area contributed by atoms with E-state index in [0.29, 0.717) is 0 Å². The molecule has 0 amide bonds. The average Bonchev–Trinajstić information content (AvgIpc) is 2.51. The van der Waals surface area contributed by atoms with E-state index in [9.17, 15) is 0 Å². The van der Waals surface area contributed by atoms with Gasteiger partial charge in [0.15, 0.2) is 0 Å². The molecule has 0 aromatic heterocycles. The molecule has 1 aliphatic heterocycles. The summed E-state index contributed by atoms with van der Waals surface area (Å²) >= 11 is 0. The Morgan fingerprint density at radius 1 is 1.54 bits per heavy atom. The zero-order valence-corrected chi connectivity index (χ0v) is 8.88. The third-order valence-corrected chi connectivity index (χ3v) is 2.62. The number of rotatable bonds is 6. The van der Waals surface area contributed by atoms with Crippen molar-refractivity contribution in [1.82, 2.24) is 10.2 Å². The van der Waals surface area contributed by atoms with Crippen LogP contribution < -0.4 is 5.32 Å². The molecule has 0 spiro atoms. The summed E-state index contributed by atoms with van der Waals surface area (Å²) < 4.78 is 4.98. The third kappa shape index (κ3) is 4.60. The molecule has 1 heterocycles. The van der Waals surface area contributed by atoms with Crippen molar-refractivity contribution in [2.24, 2.45) is 5.92 Å². The first-order valence-corrected chi connectivity index (χ1v) is 5.21. The van der Waals surface area contributed by atoms with Crippen molar-refractivity contribution >= 4 is 0 Å². The highest BCUT2D eigenvalue weighted by atomic mass is 16.5. The number of ether oxygens (including phenoxy) is 1. The Kier molecular flexibility index (Phi) is 5.35. The Morgan fingerprint density at radius 3 is 3.00 bits per heavy atom. The van der Waals surface area contributed by atoms with Gasteiger partial charge in [0.2, 0.25) is 0 Å². The van der Waals surface area contributed by atoms with Gasteiger partial charge in [-0.15, -0.1) is 0 Å². The Bertz CT molecular complexity index is 130. The predicted molar refractivity (Wildman–Crippen MR) is 55.0 cm³/mol. The molecule has 0 saturated carbocycles. The van der Waals surface area contributed by atoms with E-state index in [-0.39, 0.29) is 0 Å². The molecule has 1 N–H and O–H groups in total. The van der Waals surface area contributed by atoms with Crippen LogP contribution in [0.5, 0.6) is 0 Å². The summed E-state index contributed by atoms with van der Waals surface area (Å²) in [5, 5.41) is 3.48. The lowest BCUT2D eigenvalue weighted by molar-refractivity contribution is 0.194. The highest BCUT2D eigenvalue weighted by molar-refractivity contribution is 4.74. The lowest BCUT2D eigenvalue weighted by atomic mass is 10.1. The van der Waals surface area contributed by atoms with E-state index in [1.165, 1.54) is 26.1 Å². The number of likely N-dealkylation sites (tertiary alicyclic amines) is 1. The van der Waals surface area contributed by atoms with Crippen molar-refractivity contribution in [2.75, 3.05) is 46.9 Å². The van der Waals surface area contributed by atoms with Gasteiger partial charge in [0.1, 0.15) is 0 Å². The van der Waals surface area contributed by atoms with Gasteiger partial charge in [-0.3, -0.25) is 0 Å². The standard InChI is InChI=1S/C10H22N2O/c1-12-6-4-10(9-12)8-11-5-3-7-13-2/h10-11H,3-9H2,1-2H3. The molecular weight excluding hydrogens is 164 g/mol. The van der Waals surface area contributed by atoms with Gasteiger partial charge in [-0.1, -0.05) is 0 Å². The van der Waals surface area contributed by atoms with Gasteiger partial charge in [0.25, 0.3) is 0 Å². The quantitative estimate of drug-likeness (QED) is 0.614. The first-order valence-electron chi connectivity index (χ1n) is 5.21. The van der Waals surface area contributed by atoms with Crippen LogP contribution in [0.1, 0.15) is 12.8 Å². The molecule has 1 unspecified atom stereocenters. The largest absolute Gasteiger partial charge is 0.385 e. The van der Waals surface area contributed by atoms with E-state index in [0.717, 1.165) is 25.5 Å². The Hall–Kier alpha value is -0.120. The van der Waals surface area contributed by atoms with Crippen LogP contribution in [0.2, 0.25) is 0 Å². The monoisotopic (exact) mass is 186 g/mol. The van der Waals surface area contributed by atoms with Gasteiger partial charge in [-0.25, -0.2) is 0 Å². The molecule has 0 aromatic rings. The maximum atomic E-state index is 4.98. The molecule has 3 nitrogen and oxygen atoms in total. The molecule has 0 radical (unpaired) electrons. The number of nitrogens with zero attached hydrogens (tertiary/aromatic N) is 1. The van der Waals surface area contributed by atoms with E-state index in [1.807, 2.05) is 0 Å². The molecule has 0 aliphatic carbocycles. The summed E-state index contributed by atoms with van der Waals surface area (Å²) in [6.45, 7) is 5.67. The average molecular weight is 186 g/mol. The lowest BCUT2D eigenvalue weighted by Crippen LogP contribution is -2.26. The fraction of sp³-hybridized carbons (Fsp3) is 1.00. The highest BCUT2D eigenvalue weighted by Gasteiger charge is 2.18. The molecule has 3 heteroatoms. The number of methoxy groups -OCH3 is 1. The summed E-state index contributed by atoms with van der Waals surface area (Å²) in [6, 6.07) is 0. The molecule has 1 saturated heterocycles. The zero-order valence-electron chi connectivity index (χ0n) is 8.88. The fourth-order valence-corrected chi connectivity index (χ4v) is 1.84. The van der Waals surface area contributed by atoms with E-state index in [2.05, 4.69) is 17.3 Å². The van der Waals surface area contributed by atoms with Crippen LogP contribution in [-0.2, 0) is 4.74 Å². The minimum Gasteiger partial charge on any atom is -0.385 e. The molecule has 0 aromatic carbocycles. The van der Waals surface area contributed by atoms with Crippen molar-refractivity contribution in [3.63, 3.8) is 0 Å². The van der Waals surface area contributed by atoms with Crippen LogP contribution in [0.25, 0.3) is 0 Å². The normalized spacial score (nSPS) is 24.0. The maximum absolute atomic E-state index is 4.98. The van der Waals surface area contributed by atoms with Gasteiger partial charge in [0, 0.05) is 20.3 Å². The Balaban J connectivity index is 1.88. The fourth-order valence-electron chi connectivity index (χ4n) is 1.84. The third-order valence-electron chi connectivity index (χ3n) is 2.62. The molecule has 1 atom stereocenters. The van der Waals surface area contributed by atoms with E-state index >= 15 is 0 Å². The summed E-state index contributed by atoms with van der Waals surface area (Å²) in [7, 11) is 3.96. The second-order valence-electron chi connectivity index (χ2n) is 3.97. The van der Waals surface area contributed by atoms with Gasteiger partial charge >= 0.3 is 0 Å². The van der Waals surface area contributed by atoms with Gasteiger partial charge < -0.3 is 15.0 Å². The van der Waals surface area contributed by atoms with Crippen LogP contribution in [0.3, 0.4) is 0 Å². The predicted octanol–water partition coefficient (Wildman–Crippen LogP) is 0.564. The van der Waals surface area contributed by atoms with Crippen LogP contribution in [0.4, 0.5) is 0 Å². The summed E-state index contributed by atoms with van der Waals surface area (Å²) in [4.78, 5) is 2.40. The summed E-state index contributed by atoms with van der Waals surface area (Å²) in [6.07, 6.45) is 2.48. The number of nitrogens with one attached hydrogen (secondary N) is 1. The van der Waals surface area contributed by atoms with Crippen molar-refractivity contribution in [2.45, 2.75) is 12.8 Å². The molecular formula is C10H22N2O. The SMILES string of the molecule is COCCCNCC1CCN(C)C1. The summed E-state index contributed by atoms with van der Waals surface area (Å²) in [5.41, 5.74) is 0.